The average Bonchev–Trinajstić information content (AvgIpc) is 2.75. The average molecular weight is 594 g/mol. The summed E-state index contributed by atoms with van der Waals surface area (Å²) in [4.78, 5) is 44.4. The van der Waals surface area contributed by atoms with E-state index in [1.54, 1.807) is 32.9 Å². The summed E-state index contributed by atoms with van der Waals surface area (Å²) in [6, 6.07) is 2.93. The van der Waals surface area contributed by atoms with Crippen LogP contribution >= 0.6 is 20.2 Å². The highest BCUT2D eigenvalue weighted by Gasteiger charge is 2.29. The lowest BCUT2D eigenvalue weighted by Gasteiger charge is -2.30. The standard InChI is InChI=1S/C25H41ClN3O9P/c1-23(2,3)36-19(30)15-29(14-18-12-11-13-27-20(18)28(10)21(31)33-16-26)22(32)34-17-35-39(37-24(4,5)6)38-25(7,8)9/h11-13H,14-17H2,1-10H3. The predicted octanol–water partition coefficient (Wildman–Crippen LogP) is 5.96. The van der Waals surface area contributed by atoms with Crippen LogP contribution in [0.4, 0.5) is 15.4 Å². The molecule has 1 aromatic heterocycles. The first-order valence-electron chi connectivity index (χ1n) is 12.2. The number of alkyl halides is 1. The molecule has 0 aliphatic heterocycles. The van der Waals surface area contributed by atoms with E-state index in [1.807, 2.05) is 41.5 Å². The summed E-state index contributed by atoms with van der Waals surface area (Å²) < 4.78 is 32.8. The smallest absolute Gasteiger partial charge is 0.416 e. The van der Waals surface area contributed by atoms with Gasteiger partial charge in [0.15, 0.2) is 6.07 Å². The largest absolute Gasteiger partial charge is 0.459 e. The Labute approximate surface area is 237 Å². The number of esters is 1. The molecular formula is C25H41ClN3O9P. The first kappa shape index (κ1) is 34.8. The molecule has 2 amide bonds. The molecule has 0 saturated carbocycles. The number of hydrogen-bond acceptors (Lipinski definition) is 10. The second kappa shape index (κ2) is 14.9. The van der Waals surface area contributed by atoms with Crippen molar-refractivity contribution in [1.29, 1.82) is 0 Å². The Hall–Kier alpha value is -2.24. The number of hydrogen-bond donors (Lipinski definition) is 0. The Morgan fingerprint density at radius 1 is 0.923 bits per heavy atom. The zero-order valence-electron chi connectivity index (χ0n) is 24.4. The van der Waals surface area contributed by atoms with Crippen LogP contribution in [0.3, 0.4) is 0 Å². The molecule has 0 fully saturated rings. The van der Waals surface area contributed by atoms with Crippen LogP contribution in [0.1, 0.15) is 67.9 Å². The van der Waals surface area contributed by atoms with Gasteiger partial charge in [0.25, 0.3) is 0 Å². The topological polar surface area (TPSA) is 126 Å². The van der Waals surface area contributed by atoms with E-state index in [1.165, 1.54) is 13.2 Å². The molecule has 0 aromatic carbocycles. The number of anilines is 1. The third-order valence-electron chi connectivity index (χ3n) is 4.03. The zero-order valence-corrected chi connectivity index (χ0v) is 26.1. The molecule has 0 bridgehead atoms. The lowest BCUT2D eigenvalue weighted by molar-refractivity contribution is -0.156. The first-order valence-corrected chi connectivity index (χ1v) is 13.8. The van der Waals surface area contributed by atoms with Crippen molar-refractivity contribution >= 4 is 44.2 Å². The molecular weight excluding hydrogens is 553 g/mol. The highest BCUT2D eigenvalue weighted by molar-refractivity contribution is 7.41. The molecule has 0 unspecified atom stereocenters. The summed E-state index contributed by atoms with van der Waals surface area (Å²) in [5, 5.41) is 0. The van der Waals surface area contributed by atoms with E-state index in [0.717, 1.165) is 9.80 Å². The number of amides is 2. The third kappa shape index (κ3) is 14.6. The van der Waals surface area contributed by atoms with Crippen LogP contribution in [0.5, 0.6) is 0 Å². The summed E-state index contributed by atoms with van der Waals surface area (Å²) >= 11 is 5.51. The molecule has 0 atom stereocenters. The number of aromatic nitrogens is 1. The van der Waals surface area contributed by atoms with Gasteiger partial charge < -0.3 is 23.3 Å². The number of ether oxygens (including phenoxy) is 3. The van der Waals surface area contributed by atoms with Crippen LogP contribution in [-0.4, -0.2) is 71.3 Å². The maximum Gasteiger partial charge on any atom is 0.416 e. The van der Waals surface area contributed by atoms with Crippen molar-refractivity contribution in [1.82, 2.24) is 9.88 Å². The van der Waals surface area contributed by atoms with Crippen molar-refractivity contribution in [3.63, 3.8) is 0 Å². The second-order valence-corrected chi connectivity index (χ2v) is 12.6. The lowest BCUT2D eigenvalue weighted by atomic mass is 10.2. The van der Waals surface area contributed by atoms with Gasteiger partial charge in [-0.2, -0.15) is 0 Å². The Kier molecular flexibility index (Phi) is 13.3. The van der Waals surface area contributed by atoms with Crippen molar-refractivity contribution in [2.75, 3.05) is 31.4 Å². The lowest BCUT2D eigenvalue weighted by Crippen LogP contribution is -2.39. The Bertz CT molecular complexity index is 945. The van der Waals surface area contributed by atoms with E-state index in [2.05, 4.69) is 4.98 Å². The van der Waals surface area contributed by atoms with Gasteiger partial charge in [-0.05, 0) is 68.4 Å². The minimum atomic E-state index is -1.86. The Morgan fingerprint density at radius 2 is 1.51 bits per heavy atom. The number of pyridine rings is 1. The molecule has 14 heteroatoms. The maximum atomic E-state index is 13.1. The van der Waals surface area contributed by atoms with Gasteiger partial charge in [-0.3, -0.25) is 19.1 Å². The highest BCUT2D eigenvalue weighted by Crippen LogP contribution is 2.47. The van der Waals surface area contributed by atoms with Crippen molar-refractivity contribution in [3.05, 3.63) is 23.9 Å². The molecule has 12 nitrogen and oxygen atoms in total. The van der Waals surface area contributed by atoms with Gasteiger partial charge in [-0.15, -0.1) is 0 Å². The molecule has 222 valence electrons. The highest BCUT2D eigenvalue weighted by atomic mass is 35.5. The fraction of sp³-hybridized carbons (Fsp3) is 0.680. The van der Waals surface area contributed by atoms with Gasteiger partial charge >= 0.3 is 26.8 Å². The third-order valence-corrected chi connectivity index (χ3v) is 5.85. The maximum absolute atomic E-state index is 13.1. The van der Waals surface area contributed by atoms with Crippen LogP contribution < -0.4 is 4.90 Å². The van der Waals surface area contributed by atoms with E-state index >= 15 is 0 Å². The first-order chi connectivity index (χ1) is 17.8. The molecule has 1 heterocycles. The van der Waals surface area contributed by atoms with Crippen molar-refractivity contribution in [2.24, 2.45) is 0 Å². The molecule has 0 spiro atoms. The molecule has 0 radical (unpaired) electrons. The van der Waals surface area contributed by atoms with Gasteiger partial charge in [-0.1, -0.05) is 17.7 Å². The fourth-order valence-electron chi connectivity index (χ4n) is 2.74. The van der Waals surface area contributed by atoms with Crippen molar-refractivity contribution in [2.45, 2.75) is 85.7 Å². The van der Waals surface area contributed by atoms with Crippen LogP contribution in [0.25, 0.3) is 0 Å². The van der Waals surface area contributed by atoms with Crippen LogP contribution in [-0.2, 0) is 39.1 Å². The summed E-state index contributed by atoms with van der Waals surface area (Å²) in [6.07, 6.45) is -0.144. The molecule has 1 aromatic rings. The van der Waals surface area contributed by atoms with Gasteiger partial charge in [0.1, 0.15) is 18.0 Å². The van der Waals surface area contributed by atoms with E-state index in [0.29, 0.717) is 5.56 Å². The number of rotatable bonds is 11. The zero-order chi connectivity index (χ0) is 30.0. The normalized spacial score (nSPS) is 12.2. The minimum Gasteiger partial charge on any atom is -0.459 e. The van der Waals surface area contributed by atoms with Crippen LogP contribution in [0.15, 0.2) is 18.3 Å². The summed E-state index contributed by atoms with van der Waals surface area (Å²) in [5.74, 6) is -0.457. The van der Waals surface area contributed by atoms with Gasteiger partial charge in [-0.25, -0.2) is 14.6 Å². The SMILES string of the molecule is CN(C(=O)OCCl)c1ncccc1CN(CC(=O)OC(C)(C)C)C(=O)OCOP(OC(C)(C)C)OC(C)(C)C. The number of halogens is 1. The number of carbonyl (C=O) groups is 3. The predicted molar refractivity (Wildman–Crippen MR) is 147 cm³/mol. The summed E-state index contributed by atoms with van der Waals surface area (Å²) in [6.45, 7) is 15.1. The Morgan fingerprint density at radius 3 is 2.03 bits per heavy atom. The monoisotopic (exact) mass is 593 g/mol. The molecule has 0 aliphatic rings. The second-order valence-electron chi connectivity index (χ2n) is 11.3. The van der Waals surface area contributed by atoms with E-state index in [4.69, 9.17) is 39.4 Å². The van der Waals surface area contributed by atoms with Crippen LogP contribution in [0.2, 0.25) is 0 Å². The van der Waals surface area contributed by atoms with Crippen molar-refractivity contribution in [3.8, 4) is 0 Å². The van der Waals surface area contributed by atoms with E-state index in [9.17, 15) is 14.4 Å². The number of nitrogens with zero attached hydrogens (tertiary/aromatic N) is 3. The van der Waals surface area contributed by atoms with E-state index < -0.39 is 56.9 Å². The number of carbonyl (C=O) groups excluding carboxylic acids is 3. The van der Waals surface area contributed by atoms with Crippen molar-refractivity contribution < 1.29 is 42.2 Å². The molecule has 0 saturated heterocycles. The fourth-order valence-corrected chi connectivity index (χ4v) is 4.00. The van der Waals surface area contributed by atoms with Gasteiger partial charge in [0.05, 0.1) is 17.7 Å². The van der Waals surface area contributed by atoms with Gasteiger partial charge in [0, 0.05) is 18.8 Å². The van der Waals surface area contributed by atoms with E-state index in [-0.39, 0.29) is 18.4 Å². The quantitative estimate of drug-likeness (QED) is 0.0996. The van der Waals surface area contributed by atoms with Gasteiger partial charge in [0.2, 0.25) is 6.79 Å². The molecule has 0 N–H and O–H groups in total. The molecule has 1 rings (SSSR count). The van der Waals surface area contributed by atoms with Crippen LogP contribution in [0, 0.1) is 0 Å². The summed E-state index contributed by atoms with van der Waals surface area (Å²) in [5.41, 5.74) is -1.48. The minimum absolute atomic E-state index is 0.147. The summed E-state index contributed by atoms with van der Waals surface area (Å²) in [7, 11) is -0.419. The Balaban J connectivity index is 3.11. The molecule has 0 aliphatic carbocycles. The molecule has 39 heavy (non-hydrogen) atoms.